The maximum Gasteiger partial charge on any atom is 0.315 e. The first-order valence-corrected chi connectivity index (χ1v) is 5.56. The number of hydrogen-bond acceptors (Lipinski definition) is 4. The zero-order valence-electron chi connectivity index (χ0n) is 8.82. The lowest BCUT2D eigenvalue weighted by molar-refractivity contribution is -0.137. The highest BCUT2D eigenvalue weighted by molar-refractivity contribution is 8.00. The predicted molar refractivity (Wildman–Crippen MR) is 59.8 cm³/mol. The molecule has 0 atom stereocenters. The fraction of sp³-hybridized carbons (Fsp3) is 0.364. The Labute approximate surface area is 93.4 Å². The smallest absolute Gasteiger partial charge is 0.315 e. The number of ether oxygens (including phenoxy) is 1. The van der Waals surface area contributed by atoms with Gasteiger partial charge < -0.3 is 9.84 Å². The Kier molecular flexibility index (Phi) is 4.65. The number of benzene rings is 1. The molecule has 0 amide bonds. The minimum atomic E-state index is -0.260. The zero-order chi connectivity index (χ0) is 11.3. The molecule has 0 heterocycles. The molecule has 15 heavy (non-hydrogen) atoms. The number of aliphatic hydroxyl groups excluding tert-OH is 1. The molecule has 0 aromatic heterocycles. The number of carbonyl (C=O) groups is 1. The van der Waals surface area contributed by atoms with Gasteiger partial charge in [0, 0.05) is 4.90 Å². The van der Waals surface area contributed by atoms with Crippen LogP contribution in [0.5, 0.6) is 0 Å². The van der Waals surface area contributed by atoms with Crippen LogP contribution in [0.1, 0.15) is 11.1 Å². The first-order valence-electron chi connectivity index (χ1n) is 4.57. The van der Waals surface area contributed by atoms with Crippen molar-refractivity contribution in [1.82, 2.24) is 0 Å². The summed E-state index contributed by atoms with van der Waals surface area (Å²) in [6, 6.07) is 5.78. The van der Waals surface area contributed by atoms with Gasteiger partial charge >= 0.3 is 5.97 Å². The zero-order valence-corrected chi connectivity index (χ0v) is 9.63. The molecule has 0 fully saturated rings. The topological polar surface area (TPSA) is 46.5 Å². The number of esters is 1. The van der Waals surface area contributed by atoms with Crippen LogP contribution < -0.4 is 0 Å². The van der Waals surface area contributed by atoms with E-state index in [1.807, 2.05) is 25.1 Å². The summed E-state index contributed by atoms with van der Waals surface area (Å²) in [5.41, 5.74) is 1.95. The molecule has 3 nitrogen and oxygen atoms in total. The predicted octanol–water partition coefficient (Wildman–Crippen LogP) is 1.75. The molecule has 0 bridgehead atoms. The lowest BCUT2D eigenvalue weighted by Gasteiger charge is -2.07. The van der Waals surface area contributed by atoms with Gasteiger partial charge in [-0.1, -0.05) is 17.7 Å². The van der Waals surface area contributed by atoms with Gasteiger partial charge in [-0.25, -0.2) is 0 Å². The summed E-state index contributed by atoms with van der Waals surface area (Å²) in [7, 11) is 1.37. The van der Waals surface area contributed by atoms with E-state index in [-0.39, 0.29) is 18.3 Å². The van der Waals surface area contributed by atoms with Gasteiger partial charge in [0.2, 0.25) is 0 Å². The van der Waals surface area contributed by atoms with Gasteiger partial charge in [0.05, 0.1) is 19.5 Å². The average Bonchev–Trinajstić information content (AvgIpc) is 2.26. The van der Waals surface area contributed by atoms with Gasteiger partial charge in [0.15, 0.2) is 0 Å². The van der Waals surface area contributed by atoms with Gasteiger partial charge in [-0.3, -0.25) is 4.79 Å². The number of thioether (sulfide) groups is 1. The SMILES string of the molecule is COC(=O)CSc1ccc(C)cc1CO. The van der Waals surface area contributed by atoms with Crippen LogP contribution in [0.3, 0.4) is 0 Å². The Morgan fingerprint density at radius 2 is 2.27 bits per heavy atom. The molecule has 0 saturated heterocycles. The van der Waals surface area contributed by atoms with E-state index in [0.717, 1.165) is 16.0 Å². The molecule has 1 rings (SSSR count). The van der Waals surface area contributed by atoms with E-state index in [0.29, 0.717) is 0 Å². The molecular weight excluding hydrogens is 212 g/mol. The summed E-state index contributed by atoms with van der Waals surface area (Å²) < 4.78 is 4.55. The van der Waals surface area contributed by atoms with E-state index < -0.39 is 0 Å². The van der Waals surface area contributed by atoms with Crippen molar-refractivity contribution in [2.75, 3.05) is 12.9 Å². The van der Waals surface area contributed by atoms with E-state index >= 15 is 0 Å². The second-order valence-corrected chi connectivity index (χ2v) is 4.15. The highest BCUT2D eigenvalue weighted by Crippen LogP contribution is 2.23. The van der Waals surface area contributed by atoms with Gasteiger partial charge in [-0.15, -0.1) is 11.8 Å². The number of methoxy groups -OCH3 is 1. The van der Waals surface area contributed by atoms with Crippen molar-refractivity contribution < 1.29 is 14.6 Å². The van der Waals surface area contributed by atoms with Crippen LogP contribution >= 0.6 is 11.8 Å². The Hall–Kier alpha value is -1.00. The van der Waals surface area contributed by atoms with E-state index in [4.69, 9.17) is 5.11 Å². The molecule has 1 aromatic carbocycles. The number of aliphatic hydroxyl groups is 1. The van der Waals surface area contributed by atoms with Crippen LogP contribution in [0.15, 0.2) is 23.1 Å². The highest BCUT2D eigenvalue weighted by atomic mass is 32.2. The summed E-state index contributed by atoms with van der Waals surface area (Å²) in [6.45, 7) is 1.96. The molecule has 82 valence electrons. The lowest BCUT2D eigenvalue weighted by atomic mass is 10.1. The van der Waals surface area contributed by atoms with Crippen LogP contribution in [0.2, 0.25) is 0 Å². The van der Waals surface area contributed by atoms with Gasteiger partial charge in [-0.05, 0) is 18.6 Å². The summed E-state index contributed by atoms with van der Waals surface area (Å²) in [4.78, 5) is 11.9. The third kappa shape index (κ3) is 3.57. The van der Waals surface area contributed by atoms with Crippen molar-refractivity contribution in [2.24, 2.45) is 0 Å². The Bertz CT molecular complexity index is 350. The van der Waals surface area contributed by atoms with Crippen molar-refractivity contribution in [2.45, 2.75) is 18.4 Å². The van der Waals surface area contributed by atoms with Gasteiger partial charge in [0.25, 0.3) is 0 Å². The number of aryl methyl sites for hydroxylation is 1. The van der Waals surface area contributed by atoms with Crippen LogP contribution in [0.25, 0.3) is 0 Å². The molecule has 0 aliphatic carbocycles. The van der Waals surface area contributed by atoms with Crippen LogP contribution in [-0.2, 0) is 16.1 Å². The second kappa shape index (κ2) is 5.78. The minimum Gasteiger partial charge on any atom is -0.468 e. The first kappa shape index (κ1) is 12.1. The Balaban J connectivity index is 2.72. The largest absolute Gasteiger partial charge is 0.468 e. The average molecular weight is 226 g/mol. The van der Waals surface area contributed by atoms with Crippen molar-refractivity contribution in [3.05, 3.63) is 29.3 Å². The molecule has 0 aliphatic heterocycles. The molecule has 0 spiro atoms. The molecule has 0 unspecified atom stereocenters. The quantitative estimate of drug-likeness (QED) is 0.627. The maximum atomic E-state index is 10.9. The fourth-order valence-electron chi connectivity index (χ4n) is 1.17. The molecule has 1 N–H and O–H groups in total. The molecule has 1 aromatic rings. The Morgan fingerprint density at radius 3 is 2.87 bits per heavy atom. The standard InChI is InChI=1S/C11H14O3S/c1-8-3-4-10(9(5-8)6-12)15-7-11(13)14-2/h3-5,12H,6-7H2,1-2H3. The summed E-state index contributed by atoms with van der Waals surface area (Å²) in [5, 5.41) is 9.14. The van der Waals surface area contributed by atoms with Crippen LogP contribution in [0, 0.1) is 6.92 Å². The molecule has 0 radical (unpaired) electrons. The number of hydrogen-bond donors (Lipinski definition) is 1. The maximum absolute atomic E-state index is 10.9. The second-order valence-electron chi connectivity index (χ2n) is 3.13. The summed E-state index contributed by atoms with van der Waals surface area (Å²) in [5.74, 6) is 0.0106. The molecule has 0 aliphatic rings. The summed E-state index contributed by atoms with van der Waals surface area (Å²) in [6.07, 6.45) is 0. The van der Waals surface area contributed by atoms with E-state index in [2.05, 4.69) is 4.74 Å². The van der Waals surface area contributed by atoms with Crippen LogP contribution in [-0.4, -0.2) is 23.9 Å². The van der Waals surface area contributed by atoms with Crippen molar-refractivity contribution >= 4 is 17.7 Å². The minimum absolute atomic E-state index is 0.00874. The number of carbonyl (C=O) groups excluding carboxylic acids is 1. The summed E-state index contributed by atoms with van der Waals surface area (Å²) >= 11 is 1.38. The third-order valence-electron chi connectivity index (χ3n) is 1.96. The third-order valence-corrected chi connectivity index (χ3v) is 3.05. The monoisotopic (exact) mass is 226 g/mol. The van der Waals surface area contributed by atoms with Gasteiger partial charge in [0.1, 0.15) is 0 Å². The van der Waals surface area contributed by atoms with E-state index in [1.165, 1.54) is 18.9 Å². The van der Waals surface area contributed by atoms with E-state index in [1.54, 1.807) is 0 Å². The van der Waals surface area contributed by atoms with Crippen molar-refractivity contribution in [3.8, 4) is 0 Å². The first-order chi connectivity index (χ1) is 7.17. The van der Waals surface area contributed by atoms with E-state index in [9.17, 15) is 4.79 Å². The fourth-order valence-corrected chi connectivity index (χ4v) is 2.03. The Morgan fingerprint density at radius 1 is 1.53 bits per heavy atom. The molecule has 4 heteroatoms. The van der Waals surface area contributed by atoms with Crippen LogP contribution in [0.4, 0.5) is 0 Å². The molecular formula is C11H14O3S. The van der Waals surface area contributed by atoms with Crippen molar-refractivity contribution in [1.29, 1.82) is 0 Å². The molecule has 0 saturated carbocycles. The normalized spacial score (nSPS) is 10.1. The number of rotatable bonds is 4. The van der Waals surface area contributed by atoms with Gasteiger partial charge in [-0.2, -0.15) is 0 Å². The lowest BCUT2D eigenvalue weighted by Crippen LogP contribution is -2.03. The highest BCUT2D eigenvalue weighted by Gasteiger charge is 2.06. The van der Waals surface area contributed by atoms with Crippen molar-refractivity contribution in [3.63, 3.8) is 0 Å².